The largest absolute Gasteiger partial charge is 0.508 e. The zero-order valence-electron chi connectivity index (χ0n) is 23.4. The number of piperazine rings is 1. The predicted octanol–water partition coefficient (Wildman–Crippen LogP) is 6.73. The van der Waals surface area contributed by atoms with Crippen LogP contribution in [0.25, 0.3) is 16.9 Å². The van der Waals surface area contributed by atoms with Gasteiger partial charge in [0, 0.05) is 43.6 Å². The number of hydrogen-bond acceptors (Lipinski definition) is 3. The van der Waals surface area contributed by atoms with Gasteiger partial charge in [-0.25, -0.2) is 0 Å². The highest BCUT2D eigenvalue weighted by Crippen LogP contribution is 2.33. The Balaban J connectivity index is 1.37. The number of para-hydroxylation sites is 1. The van der Waals surface area contributed by atoms with E-state index in [9.17, 15) is 9.90 Å². The number of phenols is 1. The Morgan fingerprint density at radius 3 is 2.10 bits per heavy atom. The van der Waals surface area contributed by atoms with E-state index in [1.807, 2.05) is 60.7 Å². The van der Waals surface area contributed by atoms with Gasteiger partial charge in [0.2, 0.25) is 0 Å². The maximum absolute atomic E-state index is 14.6. The van der Waals surface area contributed by atoms with Crippen molar-refractivity contribution in [2.45, 2.75) is 25.9 Å². The van der Waals surface area contributed by atoms with Crippen molar-refractivity contribution in [3.8, 4) is 22.7 Å². The molecule has 2 heterocycles. The monoisotopic (exact) mass is 541 g/mol. The van der Waals surface area contributed by atoms with Gasteiger partial charge in [-0.2, -0.15) is 0 Å². The SMILES string of the molecule is Cc1cc(C(=O)N2CCN(Cc3ccccc3)C[C@H]2Cc2ccc(O)cc2)c(-c2ccccc2)n1-c1ccccc1. The summed E-state index contributed by atoms with van der Waals surface area (Å²) < 4.78 is 2.20. The Hall–Kier alpha value is -4.61. The van der Waals surface area contributed by atoms with Gasteiger partial charge in [-0.3, -0.25) is 9.69 Å². The minimum absolute atomic E-state index is 0.00601. The Kier molecular flexibility index (Phi) is 7.70. The summed E-state index contributed by atoms with van der Waals surface area (Å²) in [7, 11) is 0. The van der Waals surface area contributed by atoms with Crippen LogP contribution in [0.1, 0.15) is 27.2 Å². The van der Waals surface area contributed by atoms with Crippen molar-refractivity contribution in [3.63, 3.8) is 0 Å². The Labute approximate surface area is 241 Å². The molecule has 41 heavy (non-hydrogen) atoms. The van der Waals surface area contributed by atoms with Crippen LogP contribution in [0.2, 0.25) is 0 Å². The molecule has 0 spiro atoms. The van der Waals surface area contributed by atoms with E-state index in [2.05, 4.69) is 69.8 Å². The second-order valence-electron chi connectivity index (χ2n) is 10.8. The standard InChI is InChI=1S/C36H35N3O2/c1-27-23-34(35(30-13-7-3-8-14-30)39(27)31-15-9-4-10-16-31)36(41)38-22-21-37(25-29-11-5-2-6-12-29)26-32(38)24-28-17-19-33(40)20-18-28/h2-20,23,32,40H,21-22,24-26H2,1H3/t32-/m1/s1. The van der Waals surface area contributed by atoms with Crippen LogP contribution in [0.3, 0.4) is 0 Å². The van der Waals surface area contributed by atoms with Crippen molar-refractivity contribution >= 4 is 5.91 Å². The first-order chi connectivity index (χ1) is 20.1. The maximum atomic E-state index is 14.6. The average molecular weight is 542 g/mol. The molecule has 1 saturated heterocycles. The summed E-state index contributed by atoms with van der Waals surface area (Å²) >= 11 is 0. The second kappa shape index (κ2) is 11.9. The fraction of sp³-hybridized carbons (Fsp3) is 0.194. The fourth-order valence-electron chi connectivity index (χ4n) is 6.00. The average Bonchev–Trinajstić information content (AvgIpc) is 3.36. The Morgan fingerprint density at radius 1 is 0.780 bits per heavy atom. The third-order valence-electron chi connectivity index (χ3n) is 7.96. The smallest absolute Gasteiger partial charge is 0.256 e. The molecule has 1 N–H and O–H groups in total. The molecular formula is C36H35N3O2. The third kappa shape index (κ3) is 5.81. The maximum Gasteiger partial charge on any atom is 0.256 e. The molecule has 5 aromatic rings. The van der Waals surface area contributed by atoms with E-state index in [1.54, 1.807) is 12.1 Å². The van der Waals surface area contributed by atoms with E-state index in [0.717, 1.165) is 59.8 Å². The van der Waals surface area contributed by atoms with Gasteiger partial charge in [-0.15, -0.1) is 0 Å². The van der Waals surface area contributed by atoms with Crippen molar-refractivity contribution in [2.24, 2.45) is 0 Å². The van der Waals surface area contributed by atoms with Crippen molar-refractivity contribution in [3.05, 3.63) is 144 Å². The molecule has 1 atom stereocenters. The molecule has 5 nitrogen and oxygen atoms in total. The van der Waals surface area contributed by atoms with Crippen LogP contribution in [0.4, 0.5) is 0 Å². The molecule has 1 amide bonds. The van der Waals surface area contributed by atoms with Gasteiger partial charge < -0.3 is 14.6 Å². The van der Waals surface area contributed by atoms with Crippen LogP contribution >= 0.6 is 0 Å². The number of carbonyl (C=O) groups is 1. The minimum Gasteiger partial charge on any atom is -0.508 e. The molecule has 5 heteroatoms. The van der Waals surface area contributed by atoms with Crippen molar-refractivity contribution < 1.29 is 9.90 Å². The fourth-order valence-corrected chi connectivity index (χ4v) is 6.00. The van der Waals surface area contributed by atoms with E-state index >= 15 is 0 Å². The highest BCUT2D eigenvalue weighted by molar-refractivity contribution is 6.01. The van der Waals surface area contributed by atoms with Crippen molar-refractivity contribution in [1.29, 1.82) is 0 Å². The summed E-state index contributed by atoms with van der Waals surface area (Å²) in [4.78, 5) is 19.1. The van der Waals surface area contributed by atoms with E-state index < -0.39 is 0 Å². The van der Waals surface area contributed by atoms with Crippen LogP contribution in [-0.4, -0.2) is 51.1 Å². The Morgan fingerprint density at radius 2 is 1.41 bits per heavy atom. The highest BCUT2D eigenvalue weighted by atomic mass is 16.3. The molecule has 0 aliphatic carbocycles. The normalized spacial score (nSPS) is 15.6. The van der Waals surface area contributed by atoms with Crippen LogP contribution in [-0.2, 0) is 13.0 Å². The number of rotatable bonds is 7. The number of aryl methyl sites for hydroxylation is 1. The molecule has 0 saturated carbocycles. The van der Waals surface area contributed by atoms with Crippen LogP contribution in [0.15, 0.2) is 121 Å². The second-order valence-corrected chi connectivity index (χ2v) is 10.8. The number of amides is 1. The van der Waals surface area contributed by atoms with E-state index in [-0.39, 0.29) is 17.7 Å². The quantitative estimate of drug-likeness (QED) is 0.249. The molecule has 1 aromatic heterocycles. The van der Waals surface area contributed by atoms with Crippen molar-refractivity contribution in [1.82, 2.24) is 14.4 Å². The highest BCUT2D eigenvalue weighted by Gasteiger charge is 2.33. The summed E-state index contributed by atoms with van der Waals surface area (Å²) in [6.07, 6.45) is 0.719. The number of carbonyl (C=O) groups excluding carboxylic acids is 1. The van der Waals surface area contributed by atoms with Gasteiger partial charge >= 0.3 is 0 Å². The van der Waals surface area contributed by atoms with Crippen LogP contribution in [0, 0.1) is 6.92 Å². The summed E-state index contributed by atoms with van der Waals surface area (Å²) in [5.74, 6) is 0.311. The minimum atomic E-state index is -0.00601. The summed E-state index contributed by atoms with van der Waals surface area (Å²) in [5, 5.41) is 9.84. The topological polar surface area (TPSA) is 48.7 Å². The van der Waals surface area contributed by atoms with E-state index in [0.29, 0.717) is 6.54 Å². The first-order valence-electron chi connectivity index (χ1n) is 14.2. The van der Waals surface area contributed by atoms with Gasteiger partial charge in [-0.05, 0) is 60.4 Å². The Bertz CT molecular complexity index is 1600. The summed E-state index contributed by atoms with van der Waals surface area (Å²) in [6.45, 7) is 5.17. The van der Waals surface area contributed by atoms with E-state index in [4.69, 9.17) is 0 Å². The number of hydrogen-bond donors (Lipinski definition) is 1. The third-order valence-corrected chi connectivity index (χ3v) is 7.96. The summed E-state index contributed by atoms with van der Waals surface area (Å²) in [5.41, 5.74) is 7.11. The predicted molar refractivity (Wildman–Crippen MR) is 164 cm³/mol. The molecule has 0 bridgehead atoms. The zero-order chi connectivity index (χ0) is 28.2. The number of phenolic OH excluding ortho intramolecular Hbond substituents is 1. The van der Waals surface area contributed by atoms with Crippen LogP contribution in [0.5, 0.6) is 5.75 Å². The van der Waals surface area contributed by atoms with E-state index in [1.165, 1.54) is 5.56 Å². The molecule has 0 radical (unpaired) electrons. The lowest BCUT2D eigenvalue weighted by atomic mass is 9.99. The lowest BCUT2D eigenvalue weighted by molar-refractivity contribution is 0.0439. The molecule has 4 aromatic carbocycles. The van der Waals surface area contributed by atoms with Crippen molar-refractivity contribution in [2.75, 3.05) is 19.6 Å². The molecule has 1 aliphatic heterocycles. The van der Waals surface area contributed by atoms with Crippen LogP contribution < -0.4 is 0 Å². The van der Waals surface area contributed by atoms with Gasteiger partial charge in [-0.1, -0.05) is 91.0 Å². The lowest BCUT2D eigenvalue weighted by Crippen LogP contribution is -2.55. The number of nitrogens with zero attached hydrogens (tertiary/aromatic N) is 3. The summed E-state index contributed by atoms with van der Waals surface area (Å²) in [6, 6.07) is 40.4. The molecule has 206 valence electrons. The zero-order valence-corrected chi connectivity index (χ0v) is 23.4. The van der Waals surface area contributed by atoms with Gasteiger partial charge in [0.15, 0.2) is 0 Å². The molecule has 1 fully saturated rings. The molecular weight excluding hydrogens is 506 g/mol. The molecule has 1 aliphatic rings. The number of aromatic hydroxyl groups is 1. The number of aromatic nitrogens is 1. The molecule has 6 rings (SSSR count). The van der Waals surface area contributed by atoms with Gasteiger partial charge in [0.25, 0.3) is 5.91 Å². The van der Waals surface area contributed by atoms with Gasteiger partial charge in [0.05, 0.1) is 11.3 Å². The first-order valence-corrected chi connectivity index (χ1v) is 14.2. The first kappa shape index (κ1) is 26.6. The molecule has 0 unspecified atom stereocenters. The number of benzene rings is 4. The lowest BCUT2D eigenvalue weighted by Gasteiger charge is -2.42. The van der Waals surface area contributed by atoms with Gasteiger partial charge in [0.1, 0.15) is 5.75 Å².